The van der Waals surface area contributed by atoms with Gasteiger partial charge in [-0.05, 0) is 18.2 Å². The molecule has 2 aromatic heterocycles. The van der Waals surface area contributed by atoms with Crippen molar-refractivity contribution in [3.63, 3.8) is 0 Å². The average molecular weight is 430 g/mol. The van der Waals surface area contributed by atoms with E-state index in [2.05, 4.69) is 24.8 Å². The molecule has 0 amide bonds. The minimum atomic E-state index is -4.55. The molecule has 1 aliphatic rings. The standard InChI is InChI=1S/C19H17F3N8O/c1-23-14-3-2-4-15(11-14)27-7-9-28(10-8-27)17-24-12-29(18(31)25-17)13-30-6-5-16(26-30)19(20,21)22/h2-6,11-12H,7-10,13H2. The Morgan fingerprint density at radius 1 is 1.10 bits per heavy atom. The largest absolute Gasteiger partial charge is 0.435 e. The van der Waals surface area contributed by atoms with Crippen molar-refractivity contribution >= 4 is 17.3 Å². The van der Waals surface area contributed by atoms with Crippen LogP contribution >= 0.6 is 0 Å². The van der Waals surface area contributed by atoms with Crippen LogP contribution < -0.4 is 15.5 Å². The highest BCUT2D eigenvalue weighted by atomic mass is 19.4. The van der Waals surface area contributed by atoms with E-state index in [0.717, 1.165) is 27.2 Å². The first kappa shape index (κ1) is 20.4. The van der Waals surface area contributed by atoms with Crippen LogP contribution in [0.15, 0.2) is 47.7 Å². The van der Waals surface area contributed by atoms with Crippen LogP contribution in [0.5, 0.6) is 0 Å². The molecule has 1 fully saturated rings. The maximum absolute atomic E-state index is 12.7. The molecule has 3 heterocycles. The van der Waals surface area contributed by atoms with E-state index >= 15 is 0 Å². The highest BCUT2D eigenvalue weighted by Gasteiger charge is 2.33. The molecule has 0 saturated carbocycles. The first-order valence-electron chi connectivity index (χ1n) is 9.35. The smallest absolute Gasteiger partial charge is 0.369 e. The predicted molar refractivity (Wildman–Crippen MR) is 106 cm³/mol. The Bertz CT molecular complexity index is 1170. The topological polar surface area (TPSA) is 76.4 Å². The Morgan fingerprint density at radius 3 is 2.48 bits per heavy atom. The highest BCUT2D eigenvalue weighted by molar-refractivity contribution is 5.59. The molecule has 0 atom stereocenters. The summed E-state index contributed by atoms with van der Waals surface area (Å²) in [5.41, 5.74) is -0.118. The fourth-order valence-corrected chi connectivity index (χ4v) is 3.27. The summed E-state index contributed by atoms with van der Waals surface area (Å²) >= 11 is 0. The monoisotopic (exact) mass is 430 g/mol. The summed E-state index contributed by atoms with van der Waals surface area (Å²) in [6.07, 6.45) is -2.15. The number of hydrogen-bond acceptors (Lipinski definition) is 6. The zero-order valence-electron chi connectivity index (χ0n) is 16.2. The number of anilines is 2. The van der Waals surface area contributed by atoms with E-state index < -0.39 is 17.6 Å². The second-order valence-electron chi connectivity index (χ2n) is 6.89. The van der Waals surface area contributed by atoms with Gasteiger partial charge in [-0.1, -0.05) is 12.1 Å². The SMILES string of the molecule is [C-]#[N+]c1cccc(N2CCN(c3ncn(Cn4ccc(C(F)(F)F)n4)c(=O)n3)CC2)c1. The molecule has 1 aliphatic heterocycles. The summed E-state index contributed by atoms with van der Waals surface area (Å²) < 4.78 is 40.1. The van der Waals surface area contributed by atoms with Crippen LogP contribution in [0.3, 0.4) is 0 Å². The summed E-state index contributed by atoms with van der Waals surface area (Å²) in [7, 11) is 0. The van der Waals surface area contributed by atoms with Crippen LogP contribution in [0.25, 0.3) is 4.85 Å². The molecule has 0 aliphatic carbocycles. The van der Waals surface area contributed by atoms with Crippen molar-refractivity contribution in [1.29, 1.82) is 0 Å². The van der Waals surface area contributed by atoms with Crippen molar-refractivity contribution in [2.75, 3.05) is 36.0 Å². The molecule has 1 saturated heterocycles. The van der Waals surface area contributed by atoms with Crippen LogP contribution in [0.2, 0.25) is 0 Å². The van der Waals surface area contributed by atoms with Gasteiger partial charge in [0.15, 0.2) is 11.4 Å². The summed E-state index contributed by atoms with van der Waals surface area (Å²) in [5.74, 6) is 0.271. The zero-order valence-corrected chi connectivity index (χ0v) is 16.2. The molecule has 4 rings (SSSR count). The van der Waals surface area contributed by atoms with Crippen LogP contribution in [0, 0.1) is 6.57 Å². The highest BCUT2D eigenvalue weighted by Crippen LogP contribution is 2.27. The van der Waals surface area contributed by atoms with Gasteiger partial charge in [-0.3, -0.25) is 9.25 Å². The molecule has 0 unspecified atom stereocenters. The Hall–Kier alpha value is -3.88. The van der Waals surface area contributed by atoms with Crippen molar-refractivity contribution in [2.45, 2.75) is 12.8 Å². The molecule has 0 radical (unpaired) electrons. The van der Waals surface area contributed by atoms with Crippen molar-refractivity contribution < 1.29 is 13.2 Å². The normalized spacial score (nSPS) is 14.5. The molecule has 1 aromatic carbocycles. The van der Waals surface area contributed by atoms with E-state index in [0.29, 0.717) is 31.9 Å². The number of alkyl halides is 3. The van der Waals surface area contributed by atoms with Crippen LogP contribution in [0.1, 0.15) is 5.69 Å². The van der Waals surface area contributed by atoms with Gasteiger partial charge in [-0.15, -0.1) is 0 Å². The third kappa shape index (κ3) is 4.50. The van der Waals surface area contributed by atoms with Gasteiger partial charge in [-0.2, -0.15) is 23.3 Å². The Labute approximate surface area is 174 Å². The molecule has 0 N–H and O–H groups in total. The summed E-state index contributed by atoms with van der Waals surface area (Å²) in [5, 5.41) is 3.42. The van der Waals surface area contributed by atoms with E-state index in [-0.39, 0.29) is 12.6 Å². The lowest BCUT2D eigenvalue weighted by Gasteiger charge is -2.36. The lowest BCUT2D eigenvalue weighted by molar-refractivity contribution is -0.141. The van der Waals surface area contributed by atoms with E-state index in [1.54, 1.807) is 6.07 Å². The number of halogens is 3. The number of hydrogen-bond donors (Lipinski definition) is 0. The van der Waals surface area contributed by atoms with Crippen molar-refractivity contribution in [2.24, 2.45) is 0 Å². The molecule has 12 heteroatoms. The number of rotatable bonds is 4. The van der Waals surface area contributed by atoms with Gasteiger partial charge in [0.05, 0.1) is 6.57 Å². The molecule has 0 bridgehead atoms. The molecular formula is C19H17F3N8O. The quantitative estimate of drug-likeness (QED) is 0.591. The van der Waals surface area contributed by atoms with Gasteiger partial charge in [0, 0.05) is 38.1 Å². The molecular weight excluding hydrogens is 413 g/mol. The fraction of sp³-hybridized carbons (Fsp3) is 0.316. The number of nitrogens with zero attached hydrogens (tertiary/aromatic N) is 8. The first-order valence-corrected chi connectivity index (χ1v) is 9.35. The molecule has 0 spiro atoms. The van der Waals surface area contributed by atoms with E-state index in [1.165, 1.54) is 6.33 Å². The molecule has 3 aromatic rings. The van der Waals surface area contributed by atoms with Crippen LogP contribution in [-0.4, -0.2) is 50.5 Å². The predicted octanol–water partition coefficient (Wildman–Crippen LogP) is 2.24. The van der Waals surface area contributed by atoms with Gasteiger partial charge in [0.25, 0.3) is 0 Å². The molecule has 9 nitrogen and oxygen atoms in total. The first-order chi connectivity index (χ1) is 14.8. The minimum absolute atomic E-state index is 0.222. The minimum Gasteiger partial charge on any atom is -0.369 e. The number of piperazine rings is 1. The average Bonchev–Trinajstić information content (AvgIpc) is 3.25. The number of aromatic nitrogens is 5. The third-order valence-electron chi connectivity index (χ3n) is 4.87. The molecule has 31 heavy (non-hydrogen) atoms. The second kappa shape index (κ2) is 8.10. The zero-order chi connectivity index (χ0) is 22.0. The van der Waals surface area contributed by atoms with Gasteiger partial charge < -0.3 is 9.80 Å². The van der Waals surface area contributed by atoms with Crippen LogP contribution in [-0.2, 0) is 12.8 Å². The third-order valence-corrected chi connectivity index (χ3v) is 4.87. The van der Waals surface area contributed by atoms with Gasteiger partial charge in [0.2, 0.25) is 5.95 Å². The fourth-order valence-electron chi connectivity index (χ4n) is 3.27. The summed E-state index contributed by atoms with van der Waals surface area (Å²) in [4.78, 5) is 28.0. The van der Waals surface area contributed by atoms with E-state index in [9.17, 15) is 18.0 Å². The summed E-state index contributed by atoms with van der Waals surface area (Å²) in [6.45, 7) is 9.41. The van der Waals surface area contributed by atoms with Crippen molar-refractivity contribution in [1.82, 2.24) is 24.3 Å². The van der Waals surface area contributed by atoms with E-state index in [1.807, 2.05) is 23.1 Å². The van der Waals surface area contributed by atoms with Gasteiger partial charge in [0.1, 0.15) is 13.0 Å². The van der Waals surface area contributed by atoms with Crippen molar-refractivity contribution in [3.05, 3.63) is 70.5 Å². The van der Waals surface area contributed by atoms with Gasteiger partial charge in [-0.25, -0.2) is 14.6 Å². The lowest BCUT2D eigenvalue weighted by atomic mass is 10.2. The maximum atomic E-state index is 12.7. The molecule has 160 valence electrons. The van der Waals surface area contributed by atoms with Gasteiger partial charge >= 0.3 is 11.9 Å². The van der Waals surface area contributed by atoms with Crippen LogP contribution in [0.4, 0.5) is 30.5 Å². The number of benzene rings is 1. The second-order valence-corrected chi connectivity index (χ2v) is 6.89. The Balaban J connectivity index is 1.41. The maximum Gasteiger partial charge on any atom is 0.435 e. The lowest BCUT2D eigenvalue weighted by Crippen LogP contribution is -2.47. The Morgan fingerprint density at radius 2 is 1.84 bits per heavy atom. The summed E-state index contributed by atoms with van der Waals surface area (Å²) in [6, 6.07) is 8.22. The van der Waals surface area contributed by atoms with E-state index in [4.69, 9.17) is 6.57 Å². The van der Waals surface area contributed by atoms with Crippen molar-refractivity contribution in [3.8, 4) is 0 Å². The Kier molecular flexibility index (Phi) is 5.33.